The van der Waals surface area contributed by atoms with Gasteiger partial charge in [0.05, 0.1) is 47.8 Å². The maximum atomic E-state index is 10.3. The molecular formula is C31H45N3O2Si2. The summed E-state index contributed by atoms with van der Waals surface area (Å²) in [4.78, 5) is 0. The van der Waals surface area contributed by atoms with Crippen LogP contribution >= 0.6 is 0 Å². The molecule has 0 aliphatic heterocycles. The molecule has 2 rings (SSSR count). The number of hydrogen-bond acceptors (Lipinski definition) is 5. The molecule has 0 saturated heterocycles. The van der Waals surface area contributed by atoms with Crippen molar-refractivity contribution in [2.75, 3.05) is 0 Å². The molecule has 2 unspecified atom stereocenters. The van der Waals surface area contributed by atoms with E-state index in [0.717, 1.165) is 11.1 Å². The van der Waals surface area contributed by atoms with Crippen LogP contribution in [0.25, 0.3) is 6.08 Å². The number of nitriles is 3. The van der Waals surface area contributed by atoms with E-state index in [1.807, 2.05) is 42.5 Å². The molecule has 1 aliphatic rings. The second-order valence-corrected chi connectivity index (χ2v) is 23.2. The summed E-state index contributed by atoms with van der Waals surface area (Å²) in [6, 6.07) is 16.9. The summed E-state index contributed by atoms with van der Waals surface area (Å²) in [5.74, 6) is 0. The van der Waals surface area contributed by atoms with Crippen molar-refractivity contribution in [3.63, 3.8) is 0 Å². The minimum Gasteiger partial charge on any atom is -0.410 e. The van der Waals surface area contributed by atoms with Crippen LogP contribution in [0.2, 0.25) is 36.3 Å². The Labute approximate surface area is 233 Å². The predicted molar refractivity (Wildman–Crippen MR) is 160 cm³/mol. The van der Waals surface area contributed by atoms with E-state index in [-0.39, 0.29) is 22.9 Å². The molecule has 1 aromatic carbocycles. The van der Waals surface area contributed by atoms with Crippen molar-refractivity contribution in [3.8, 4) is 18.2 Å². The third-order valence-corrected chi connectivity index (χ3v) is 17.6. The van der Waals surface area contributed by atoms with Gasteiger partial charge in [0, 0.05) is 12.8 Å². The summed E-state index contributed by atoms with van der Waals surface area (Å²) in [5.41, 5.74) is 0.386. The van der Waals surface area contributed by atoms with Gasteiger partial charge in [0.15, 0.2) is 16.6 Å². The molecule has 5 nitrogen and oxygen atoms in total. The normalized spacial score (nSPS) is 23.1. The highest BCUT2D eigenvalue weighted by Gasteiger charge is 2.54. The first-order valence-corrected chi connectivity index (χ1v) is 19.2. The summed E-state index contributed by atoms with van der Waals surface area (Å²) < 4.78 is 14.2. The van der Waals surface area contributed by atoms with Crippen LogP contribution < -0.4 is 0 Å². The quantitative estimate of drug-likeness (QED) is 0.240. The van der Waals surface area contributed by atoms with Crippen LogP contribution in [-0.4, -0.2) is 27.8 Å². The Morgan fingerprint density at radius 2 is 1.39 bits per heavy atom. The molecule has 0 aromatic heterocycles. The SMILES string of the molecule is CC(C)(C)[Si](C)(C)OC1(CC#N)C=C(C(C#N)=Cc2ccccc2)CC(CC#N)(O[Si](C)(C)C(C)(C)C)C1. The number of rotatable bonds is 8. The molecule has 2 atom stereocenters. The predicted octanol–water partition coefficient (Wildman–Crippen LogP) is 8.66. The van der Waals surface area contributed by atoms with Crippen LogP contribution in [0.3, 0.4) is 0 Å². The highest BCUT2D eigenvalue weighted by Crippen LogP contribution is 2.51. The van der Waals surface area contributed by atoms with E-state index >= 15 is 0 Å². The summed E-state index contributed by atoms with van der Waals surface area (Å²) in [6.07, 6.45) is 5.01. The van der Waals surface area contributed by atoms with Crippen LogP contribution in [0.1, 0.15) is 72.8 Å². The van der Waals surface area contributed by atoms with Crippen molar-refractivity contribution in [2.24, 2.45) is 0 Å². The van der Waals surface area contributed by atoms with Gasteiger partial charge in [-0.25, -0.2) is 0 Å². The van der Waals surface area contributed by atoms with Gasteiger partial charge in [-0.15, -0.1) is 0 Å². The van der Waals surface area contributed by atoms with Gasteiger partial charge >= 0.3 is 0 Å². The van der Waals surface area contributed by atoms with Crippen molar-refractivity contribution in [1.29, 1.82) is 15.8 Å². The summed E-state index contributed by atoms with van der Waals surface area (Å²) in [6.45, 7) is 21.8. The molecule has 0 N–H and O–H groups in total. The van der Waals surface area contributed by atoms with Crippen molar-refractivity contribution in [1.82, 2.24) is 0 Å². The number of allylic oxidation sites excluding steroid dienone is 1. The molecule has 0 spiro atoms. The smallest absolute Gasteiger partial charge is 0.193 e. The summed E-state index contributed by atoms with van der Waals surface area (Å²) in [7, 11) is -4.70. The van der Waals surface area contributed by atoms with Crippen LogP contribution in [-0.2, 0) is 8.85 Å². The van der Waals surface area contributed by atoms with Gasteiger partial charge in [-0.1, -0.05) is 71.9 Å². The molecule has 38 heavy (non-hydrogen) atoms. The molecule has 0 radical (unpaired) electrons. The second-order valence-electron chi connectivity index (χ2n) is 13.7. The zero-order valence-electron chi connectivity index (χ0n) is 25.0. The zero-order valence-corrected chi connectivity index (χ0v) is 27.0. The van der Waals surface area contributed by atoms with E-state index in [1.54, 1.807) is 0 Å². The highest BCUT2D eigenvalue weighted by atomic mass is 28.4. The van der Waals surface area contributed by atoms with Gasteiger partial charge in [-0.2, -0.15) is 15.8 Å². The molecular weight excluding hydrogens is 503 g/mol. The Morgan fingerprint density at radius 1 is 0.868 bits per heavy atom. The minimum atomic E-state index is -2.36. The Morgan fingerprint density at radius 3 is 1.87 bits per heavy atom. The summed E-state index contributed by atoms with van der Waals surface area (Å²) >= 11 is 0. The van der Waals surface area contributed by atoms with Crippen LogP contribution in [0.4, 0.5) is 0 Å². The van der Waals surface area contributed by atoms with E-state index in [9.17, 15) is 15.8 Å². The number of hydrogen-bond donors (Lipinski definition) is 0. The van der Waals surface area contributed by atoms with Crippen molar-refractivity contribution in [3.05, 3.63) is 53.1 Å². The Kier molecular flexibility index (Phi) is 9.46. The molecule has 0 saturated carbocycles. The Balaban J connectivity index is 2.84. The number of nitrogens with zero attached hydrogens (tertiary/aromatic N) is 3. The van der Waals surface area contributed by atoms with E-state index in [4.69, 9.17) is 8.85 Å². The van der Waals surface area contributed by atoms with Crippen molar-refractivity contribution >= 4 is 22.7 Å². The zero-order chi connectivity index (χ0) is 29.0. The fourth-order valence-electron chi connectivity index (χ4n) is 4.54. The maximum absolute atomic E-state index is 10.3. The highest BCUT2D eigenvalue weighted by molar-refractivity contribution is 6.74. The van der Waals surface area contributed by atoms with Gasteiger partial charge in [0.1, 0.15) is 0 Å². The first kappa shape index (κ1) is 31.7. The average Bonchev–Trinajstić information content (AvgIpc) is 2.75. The largest absolute Gasteiger partial charge is 0.410 e. The summed E-state index contributed by atoms with van der Waals surface area (Å²) in [5, 5.41) is 30.2. The monoisotopic (exact) mass is 547 g/mol. The lowest BCUT2D eigenvalue weighted by molar-refractivity contribution is -0.0306. The standard InChI is InChI=1S/C31H45N3O2Si2/c1-28(2,3)37(7,8)35-30(16-18-32)21-27(26(23-34)20-25-14-12-11-13-15-25)22-31(24-30,17-19-33)36-38(9,10)29(4,5)6/h11-15,20-21H,16-17,22,24H2,1-10H3. The van der Waals surface area contributed by atoms with Crippen LogP contribution in [0.15, 0.2) is 47.6 Å². The lowest BCUT2D eigenvalue weighted by atomic mass is 9.72. The third-order valence-electron chi connectivity index (χ3n) is 8.47. The molecule has 204 valence electrons. The minimum absolute atomic E-state index is 0.0765. The Bertz CT molecular complexity index is 1190. The van der Waals surface area contributed by atoms with Gasteiger partial charge in [-0.05, 0) is 59.6 Å². The topological polar surface area (TPSA) is 89.8 Å². The van der Waals surface area contributed by atoms with E-state index < -0.39 is 27.8 Å². The van der Waals surface area contributed by atoms with Gasteiger partial charge < -0.3 is 8.85 Å². The van der Waals surface area contributed by atoms with Crippen molar-refractivity contribution < 1.29 is 8.85 Å². The van der Waals surface area contributed by atoms with E-state index in [1.165, 1.54) is 0 Å². The van der Waals surface area contributed by atoms with E-state index in [2.05, 4.69) is 85.9 Å². The van der Waals surface area contributed by atoms with Gasteiger partial charge in [0.25, 0.3) is 0 Å². The maximum Gasteiger partial charge on any atom is 0.193 e. The molecule has 1 aromatic rings. The van der Waals surface area contributed by atoms with E-state index in [0.29, 0.717) is 18.4 Å². The fraction of sp³-hybridized carbons (Fsp3) is 0.581. The average molecular weight is 548 g/mol. The molecule has 7 heteroatoms. The Hall–Kier alpha value is -2.48. The van der Waals surface area contributed by atoms with Crippen LogP contribution in [0, 0.1) is 34.0 Å². The fourth-order valence-corrected chi connectivity index (χ4v) is 7.67. The molecule has 0 fully saturated rings. The second kappa shape index (κ2) is 11.3. The molecule has 0 bridgehead atoms. The number of benzene rings is 1. The lowest BCUT2D eigenvalue weighted by Crippen LogP contribution is -2.58. The molecule has 0 heterocycles. The first-order valence-electron chi connectivity index (χ1n) is 13.4. The lowest BCUT2D eigenvalue weighted by Gasteiger charge is -2.53. The van der Waals surface area contributed by atoms with Gasteiger partial charge in [0.2, 0.25) is 0 Å². The van der Waals surface area contributed by atoms with Gasteiger partial charge in [-0.3, -0.25) is 0 Å². The molecule has 0 amide bonds. The first-order chi connectivity index (χ1) is 17.3. The molecule has 1 aliphatic carbocycles. The van der Waals surface area contributed by atoms with Crippen molar-refractivity contribution in [2.45, 2.75) is 115 Å². The van der Waals surface area contributed by atoms with Crippen LogP contribution in [0.5, 0.6) is 0 Å². The third kappa shape index (κ3) is 7.34.